The van der Waals surface area contributed by atoms with E-state index >= 15 is 0 Å². The molecule has 2 rings (SSSR count). The first kappa shape index (κ1) is 16.3. The minimum Gasteiger partial charge on any atom is -0.346 e. The standard InChI is InChI=1S/C15H25N3O2S/c1-5-8-17(4)21(19,20)15-9-14(10-16-12(2)3)18(11-15)13-6-7-13/h5,9,11-13,16H,1,6-8,10H2,2-4H3. The molecule has 1 N–H and O–H groups in total. The second kappa shape index (κ2) is 6.34. The molecule has 0 aliphatic heterocycles. The highest BCUT2D eigenvalue weighted by Crippen LogP contribution is 2.37. The van der Waals surface area contributed by atoms with E-state index in [0.29, 0.717) is 30.1 Å². The maximum atomic E-state index is 12.5. The Bertz CT molecular complexity index is 600. The minimum absolute atomic E-state index is 0.316. The average molecular weight is 311 g/mol. The average Bonchev–Trinajstić information content (AvgIpc) is 3.16. The third kappa shape index (κ3) is 3.75. The van der Waals surface area contributed by atoms with Gasteiger partial charge >= 0.3 is 0 Å². The molecule has 0 spiro atoms. The summed E-state index contributed by atoms with van der Waals surface area (Å²) >= 11 is 0. The van der Waals surface area contributed by atoms with Gasteiger partial charge in [0.05, 0.1) is 0 Å². The van der Waals surface area contributed by atoms with Crippen molar-refractivity contribution in [2.24, 2.45) is 0 Å². The molecule has 0 radical (unpaired) electrons. The van der Waals surface area contributed by atoms with E-state index in [4.69, 9.17) is 0 Å². The van der Waals surface area contributed by atoms with Gasteiger partial charge in [0, 0.05) is 44.1 Å². The molecule has 1 aromatic heterocycles. The van der Waals surface area contributed by atoms with Crippen LogP contribution in [-0.4, -0.2) is 36.9 Å². The van der Waals surface area contributed by atoms with Crippen LogP contribution in [-0.2, 0) is 16.6 Å². The van der Waals surface area contributed by atoms with Gasteiger partial charge in [-0.2, -0.15) is 4.31 Å². The molecular formula is C15H25N3O2S. The van der Waals surface area contributed by atoms with E-state index in [1.807, 2.05) is 0 Å². The second-order valence-electron chi connectivity index (χ2n) is 5.92. The highest BCUT2D eigenvalue weighted by Gasteiger charge is 2.29. The van der Waals surface area contributed by atoms with E-state index in [-0.39, 0.29) is 0 Å². The topological polar surface area (TPSA) is 54.3 Å². The van der Waals surface area contributed by atoms with Crippen molar-refractivity contribution in [1.29, 1.82) is 0 Å². The highest BCUT2D eigenvalue weighted by molar-refractivity contribution is 7.89. The lowest BCUT2D eigenvalue weighted by atomic mass is 10.3. The first-order valence-electron chi connectivity index (χ1n) is 7.37. The normalized spacial score (nSPS) is 15.9. The van der Waals surface area contributed by atoms with E-state index in [1.165, 1.54) is 4.31 Å². The zero-order chi connectivity index (χ0) is 15.6. The fraction of sp³-hybridized carbons (Fsp3) is 0.600. The monoisotopic (exact) mass is 311 g/mol. The van der Waals surface area contributed by atoms with Crippen molar-refractivity contribution in [2.75, 3.05) is 13.6 Å². The van der Waals surface area contributed by atoms with Crippen molar-refractivity contribution in [1.82, 2.24) is 14.2 Å². The number of nitrogens with one attached hydrogen (secondary N) is 1. The van der Waals surface area contributed by atoms with Gasteiger partial charge in [-0.1, -0.05) is 19.9 Å². The highest BCUT2D eigenvalue weighted by atomic mass is 32.2. The zero-order valence-electron chi connectivity index (χ0n) is 13.0. The van der Waals surface area contributed by atoms with Crippen LogP contribution in [0.3, 0.4) is 0 Å². The number of likely N-dealkylation sites (N-methyl/N-ethyl adjacent to an activating group) is 1. The van der Waals surface area contributed by atoms with E-state index in [2.05, 4.69) is 30.3 Å². The Kier molecular flexibility index (Phi) is 4.91. The summed E-state index contributed by atoms with van der Waals surface area (Å²) in [6.45, 7) is 8.77. The van der Waals surface area contributed by atoms with E-state index in [0.717, 1.165) is 18.5 Å². The second-order valence-corrected chi connectivity index (χ2v) is 7.96. The molecule has 0 bridgehead atoms. The van der Waals surface area contributed by atoms with Crippen LogP contribution in [0.4, 0.5) is 0 Å². The maximum Gasteiger partial charge on any atom is 0.244 e. The van der Waals surface area contributed by atoms with Crippen molar-refractivity contribution in [3.63, 3.8) is 0 Å². The Morgan fingerprint density at radius 1 is 1.52 bits per heavy atom. The first-order valence-corrected chi connectivity index (χ1v) is 8.81. The molecule has 1 aliphatic rings. The lowest BCUT2D eigenvalue weighted by molar-refractivity contribution is 0.499. The van der Waals surface area contributed by atoms with E-state index in [9.17, 15) is 8.42 Å². The number of hydrogen-bond donors (Lipinski definition) is 1. The molecule has 1 aromatic rings. The van der Waals surface area contributed by atoms with Gasteiger partial charge in [0.15, 0.2) is 0 Å². The summed E-state index contributed by atoms with van der Waals surface area (Å²) < 4.78 is 28.5. The summed E-state index contributed by atoms with van der Waals surface area (Å²) in [6, 6.07) is 2.63. The van der Waals surface area contributed by atoms with E-state index in [1.54, 1.807) is 25.4 Å². The SMILES string of the molecule is C=CCN(C)S(=O)(=O)c1cc(CNC(C)C)n(C2CC2)c1. The summed E-state index contributed by atoms with van der Waals surface area (Å²) in [5.41, 5.74) is 1.04. The molecule has 1 aliphatic carbocycles. The molecule has 0 unspecified atom stereocenters. The van der Waals surface area contributed by atoms with Crippen molar-refractivity contribution in [3.8, 4) is 0 Å². The molecule has 118 valence electrons. The lowest BCUT2D eigenvalue weighted by Crippen LogP contribution is -2.26. The van der Waals surface area contributed by atoms with Crippen LogP contribution in [0.5, 0.6) is 0 Å². The molecule has 1 saturated carbocycles. The number of aromatic nitrogens is 1. The predicted molar refractivity (Wildman–Crippen MR) is 84.7 cm³/mol. The Labute approximate surface area is 127 Å². The van der Waals surface area contributed by atoms with Gasteiger partial charge in [-0.3, -0.25) is 0 Å². The minimum atomic E-state index is -3.43. The molecule has 0 aromatic carbocycles. The van der Waals surface area contributed by atoms with E-state index < -0.39 is 10.0 Å². The molecule has 0 saturated heterocycles. The fourth-order valence-electron chi connectivity index (χ4n) is 2.24. The van der Waals surface area contributed by atoms with Crippen molar-refractivity contribution in [2.45, 2.75) is 50.2 Å². The van der Waals surface area contributed by atoms with Crippen molar-refractivity contribution < 1.29 is 8.42 Å². The fourth-order valence-corrected chi connectivity index (χ4v) is 3.43. The largest absolute Gasteiger partial charge is 0.346 e. The predicted octanol–water partition coefficient (Wildman–Crippen LogP) is 2.13. The molecule has 1 fully saturated rings. The molecule has 0 atom stereocenters. The summed E-state index contributed by atoms with van der Waals surface area (Å²) in [5.74, 6) is 0. The van der Waals surface area contributed by atoms with Crippen LogP contribution in [0.2, 0.25) is 0 Å². The number of rotatable bonds is 8. The van der Waals surface area contributed by atoms with Crippen LogP contribution in [0.15, 0.2) is 29.8 Å². The number of hydrogen-bond acceptors (Lipinski definition) is 3. The first-order chi connectivity index (χ1) is 9.86. The Hall–Kier alpha value is -1.11. The van der Waals surface area contributed by atoms with Gasteiger partial charge < -0.3 is 9.88 Å². The summed E-state index contributed by atoms with van der Waals surface area (Å²) in [4.78, 5) is 0.374. The van der Waals surface area contributed by atoms with Crippen molar-refractivity contribution in [3.05, 3.63) is 30.6 Å². The van der Waals surface area contributed by atoms with Gasteiger partial charge in [0.1, 0.15) is 4.90 Å². The maximum absolute atomic E-state index is 12.5. The van der Waals surface area contributed by atoms with Gasteiger partial charge in [-0.25, -0.2) is 8.42 Å². The van der Waals surface area contributed by atoms with Crippen LogP contribution < -0.4 is 5.32 Å². The summed E-state index contributed by atoms with van der Waals surface area (Å²) in [5, 5.41) is 3.36. The number of nitrogens with zero attached hydrogens (tertiary/aromatic N) is 2. The number of sulfonamides is 1. The zero-order valence-corrected chi connectivity index (χ0v) is 13.9. The van der Waals surface area contributed by atoms with Gasteiger partial charge in [0.25, 0.3) is 0 Å². The van der Waals surface area contributed by atoms with Gasteiger partial charge in [-0.15, -0.1) is 6.58 Å². The lowest BCUT2D eigenvalue weighted by Gasteiger charge is -2.13. The van der Waals surface area contributed by atoms with Crippen LogP contribution in [0.1, 0.15) is 38.4 Å². The van der Waals surface area contributed by atoms with Gasteiger partial charge in [-0.05, 0) is 18.9 Å². The van der Waals surface area contributed by atoms with Crippen molar-refractivity contribution >= 4 is 10.0 Å². The Balaban J connectivity index is 2.28. The summed E-state index contributed by atoms with van der Waals surface area (Å²) in [7, 11) is -1.85. The molecule has 6 heteroatoms. The Morgan fingerprint density at radius 3 is 2.71 bits per heavy atom. The molecule has 0 amide bonds. The van der Waals surface area contributed by atoms with Crippen LogP contribution in [0, 0.1) is 0 Å². The third-order valence-corrected chi connectivity index (χ3v) is 5.42. The molecule has 1 heterocycles. The quantitative estimate of drug-likeness (QED) is 0.748. The van der Waals surface area contributed by atoms with Crippen LogP contribution >= 0.6 is 0 Å². The summed E-state index contributed by atoms with van der Waals surface area (Å²) in [6.07, 6.45) is 5.64. The Morgan fingerprint density at radius 2 is 2.19 bits per heavy atom. The molecule has 21 heavy (non-hydrogen) atoms. The molecule has 5 nitrogen and oxygen atoms in total. The van der Waals surface area contributed by atoms with Crippen LogP contribution in [0.25, 0.3) is 0 Å². The third-order valence-electron chi connectivity index (χ3n) is 3.63. The molecular weight excluding hydrogens is 286 g/mol. The van der Waals surface area contributed by atoms with Gasteiger partial charge in [0.2, 0.25) is 10.0 Å². The smallest absolute Gasteiger partial charge is 0.244 e.